The van der Waals surface area contributed by atoms with E-state index in [-0.39, 0.29) is 23.4 Å². The summed E-state index contributed by atoms with van der Waals surface area (Å²) in [6.07, 6.45) is 2.88. The van der Waals surface area contributed by atoms with Crippen LogP contribution in [0.5, 0.6) is 0 Å². The number of carbonyl (C=O) groups is 2. The molecule has 4 rings (SSSR count). The van der Waals surface area contributed by atoms with E-state index in [1.54, 1.807) is 30.3 Å². The molecule has 186 valence electrons. The van der Waals surface area contributed by atoms with E-state index < -0.39 is 4.92 Å². The van der Waals surface area contributed by atoms with Crippen molar-refractivity contribution in [1.82, 2.24) is 4.90 Å². The average molecular weight is 489 g/mol. The van der Waals surface area contributed by atoms with Crippen molar-refractivity contribution in [3.63, 3.8) is 0 Å². The lowest BCUT2D eigenvalue weighted by Crippen LogP contribution is -2.50. The van der Waals surface area contributed by atoms with Crippen LogP contribution < -0.4 is 10.2 Å². The highest BCUT2D eigenvalue weighted by Gasteiger charge is 2.24. The Bertz CT molecular complexity index is 1290. The van der Waals surface area contributed by atoms with Gasteiger partial charge in [0.05, 0.1) is 21.9 Å². The van der Waals surface area contributed by atoms with Crippen LogP contribution in [-0.4, -0.2) is 47.8 Å². The first-order valence-corrected chi connectivity index (χ1v) is 11.8. The van der Waals surface area contributed by atoms with Crippen molar-refractivity contribution < 1.29 is 18.9 Å². The fourth-order valence-electron chi connectivity index (χ4n) is 4.15. The summed E-state index contributed by atoms with van der Waals surface area (Å²) >= 11 is 0. The number of rotatable bonds is 7. The quantitative estimate of drug-likeness (QED) is 0.290. The Kier molecular flexibility index (Phi) is 7.48. The van der Waals surface area contributed by atoms with Crippen LogP contribution in [0.15, 0.2) is 71.2 Å². The predicted octanol–water partition coefficient (Wildman–Crippen LogP) is 4.81. The fourth-order valence-corrected chi connectivity index (χ4v) is 4.15. The largest absolute Gasteiger partial charge is 0.456 e. The molecule has 2 aromatic carbocycles. The predicted molar refractivity (Wildman–Crippen MR) is 139 cm³/mol. The van der Waals surface area contributed by atoms with E-state index in [9.17, 15) is 19.7 Å². The molecule has 1 aliphatic rings. The van der Waals surface area contributed by atoms with Crippen LogP contribution in [0.25, 0.3) is 17.4 Å². The number of hydrogen-bond acceptors (Lipinski definition) is 6. The smallest absolute Gasteiger partial charge is 0.280 e. The van der Waals surface area contributed by atoms with Gasteiger partial charge < -0.3 is 19.5 Å². The Labute approximate surface area is 209 Å². The molecule has 0 bridgehead atoms. The van der Waals surface area contributed by atoms with Crippen molar-refractivity contribution in [2.45, 2.75) is 13.8 Å². The summed E-state index contributed by atoms with van der Waals surface area (Å²) in [5.41, 5.74) is 1.89. The highest BCUT2D eigenvalue weighted by atomic mass is 16.6. The summed E-state index contributed by atoms with van der Waals surface area (Å²) < 4.78 is 5.71. The number of nitro benzene ring substituents is 1. The molecule has 1 aromatic heterocycles. The number of nitrogens with zero attached hydrogens (tertiary/aromatic N) is 3. The van der Waals surface area contributed by atoms with Crippen molar-refractivity contribution in [3.8, 4) is 11.3 Å². The van der Waals surface area contributed by atoms with Crippen LogP contribution in [0.2, 0.25) is 0 Å². The van der Waals surface area contributed by atoms with E-state index in [0.29, 0.717) is 49.0 Å². The van der Waals surface area contributed by atoms with E-state index in [1.165, 1.54) is 18.2 Å². The van der Waals surface area contributed by atoms with Crippen LogP contribution in [0.4, 0.5) is 17.1 Å². The van der Waals surface area contributed by atoms with Gasteiger partial charge in [-0.25, -0.2) is 0 Å². The van der Waals surface area contributed by atoms with E-state index >= 15 is 0 Å². The molecule has 1 fully saturated rings. The van der Waals surface area contributed by atoms with Crippen LogP contribution >= 0.6 is 0 Å². The Hall–Kier alpha value is -4.40. The van der Waals surface area contributed by atoms with Gasteiger partial charge in [-0.05, 0) is 36.4 Å². The van der Waals surface area contributed by atoms with E-state index in [0.717, 1.165) is 5.69 Å². The first-order chi connectivity index (χ1) is 17.3. The summed E-state index contributed by atoms with van der Waals surface area (Å²) in [7, 11) is 0. The van der Waals surface area contributed by atoms with Crippen molar-refractivity contribution in [2.24, 2.45) is 5.92 Å². The summed E-state index contributed by atoms with van der Waals surface area (Å²) in [6, 6.07) is 17.2. The zero-order valence-corrected chi connectivity index (χ0v) is 20.2. The molecule has 1 saturated heterocycles. The molecular formula is C27H28N4O5. The fraction of sp³-hybridized carbons (Fsp3) is 0.259. The number of nitro groups is 1. The standard InChI is InChI=1S/C27H28N4O5/c1-19(2)27(33)30-17-15-29(16-18-30)24-10-6-4-8-22(24)28-26(32)14-12-20-11-13-25(36-20)21-7-3-5-9-23(21)31(34)35/h3-14,19H,15-18H2,1-2H3,(H,28,32)/b14-12+. The molecule has 0 radical (unpaired) electrons. The van der Waals surface area contributed by atoms with Crippen molar-refractivity contribution in [2.75, 3.05) is 36.4 Å². The molecular weight excluding hydrogens is 460 g/mol. The third-order valence-corrected chi connectivity index (χ3v) is 5.98. The molecule has 9 nitrogen and oxygen atoms in total. The number of carbonyl (C=O) groups excluding carboxylic acids is 2. The molecule has 0 unspecified atom stereocenters. The number of nitrogens with one attached hydrogen (secondary N) is 1. The number of benzene rings is 2. The minimum Gasteiger partial charge on any atom is -0.456 e. The topological polar surface area (TPSA) is 109 Å². The van der Waals surface area contributed by atoms with Crippen molar-refractivity contribution in [1.29, 1.82) is 0 Å². The van der Waals surface area contributed by atoms with Crippen molar-refractivity contribution >= 4 is 35.0 Å². The van der Waals surface area contributed by atoms with Gasteiger partial charge in [0, 0.05) is 44.2 Å². The second kappa shape index (κ2) is 10.9. The number of anilines is 2. The van der Waals surface area contributed by atoms with Gasteiger partial charge in [0.15, 0.2) is 0 Å². The summed E-state index contributed by atoms with van der Waals surface area (Å²) in [4.78, 5) is 39.8. The van der Waals surface area contributed by atoms with Crippen LogP contribution in [0.1, 0.15) is 19.6 Å². The summed E-state index contributed by atoms with van der Waals surface area (Å²) in [5, 5.41) is 14.2. The van der Waals surface area contributed by atoms with Gasteiger partial charge >= 0.3 is 0 Å². The lowest BCUT2D eigenvalue weighted by molar-refractivity contribution is -0.384. The minimum absolute atomic E-state index is 0.0250. The first-order valence-electron chi connectivity index (χ1n) is 11.8. The monoisotopic (exact) mass is 488 g/mol. The second-order valence-electron chi connectivity index (χ2n) is 8.78. The van der Waals surface area contributed by atoms with E-state index in [2.05, 4.69) is 10.2 Å². The molecule has 0 aliphatic carbocycles. The van der Waals surface area contributed by atoms with Gasteiger partial charge in [-0.15, -0.1) is 0 Å². The van der Waals surface area contributed by atoms with E-state index in [1.807, 2.05) is 43.0 Å². The molecule has 1 aliphatic heterocycles. The normalized spacial score (nSPS) is 13.9. The van der Waals surface area contributed by atoms with Crippen LogP contribution in [0.3, 0.4) is 0 Å². The zero-order chi connectivity index (χ0) is 25.7. The third kappa shape index (κ3) is 5.63. The molecule has 2 heterocycles. The highest BCUT2D eigenvalue weighted by Crippen LogP contribution is 2.31. The second-order valence-corrected chi connectivity index (χ2v) is 8.78. The molecule has 2 amide bonds. The number of para-hydroxylation sites is 3. The number of furan rings is 1. The molecule has 0 spiro atoms. The van der Waals surface area contributed by atoms with Gasteiger partial charge in [-0.2, -0.15) is 0 Å². The third-order valence-electron chi connectivity index (χ3n) is 5.98. The molecule has 0 atom stereocenters. The maximum Gasteiger partial charge on any atom is 0.280 e. The summed E-state index contributed by atoms with van der Waals surface area (Å²) in [6.45, 7) is 6.45. The van der Waals surface area contributed by atoms with Gasteiger partial charge in [-0.1, -0.05) is 38.1 Å². The lowest BCUT2D eigenvalue weighted by atomic mass is 10.1. The van der Waals surface area contributed by atoms with Crippen LogP contribution in [-0.2, 0) is 9.59 Å². The summed E-state index contributed by atoms with van der Waals surface area (Å²) in [5.74, 6) is 0.548. The maximum absolute atomic E-state index is 12.7. The van der Waals surface area contributed by atoms with Crippen LogP contribution in [0, 0.1) is 16.0 Å². The Balaban J connectivity index is 1.41. The van der Waals surface area contributed by atoms with Gasteiger partial charge in [-0.3, -0.25) is 19.7 Å². The average Bonchev–Trinajstić information content (AvgIpc) is 3.36. The Morgan fingerprint density at radius 2 is 1.69 bits per heavy atom. The zero-order valence-electron chi connectivity index (χ0n) is 20.2. The molecule has 9 heteroatoms. The minimum atomic E-state index is -0.458. The highest BCUT2D eigenvalue weighted by molar-refractivity contribution is 6.03. The number of piperazine rings is 1. The van der Waals surface area contributed by atoms with Gasteiger partial charge in [0.2, 0.25) is 11.8 Å². The van der Waals surface area contributed by atoms with Gasteiger partial charge in [0.1, 0.15) is 11.5 Å². The Morgan fingerprint density at radius 3 is 2.42 bits per heavy atom. The van der Waals surface area contributed by atoms with Crippen molar-refractivity contribution in [3.05, 3.63) is 82.6 Å². The lowest BCUT2D eigenvalue weighted by Gasteiger charge is -2.37. The number of amides is 2. The Morgan fingerprint density at radius 1 is 1.00 bits per heavy atom. The molecule has 3 aromatic rings. The molecule has 36 heavy (non-hydrogen) atoms. The SMILES string of the molecule is CC(C)C(=O)N1CCN(c2ccccc2NC(=O)/C=C/c2ccc(-c3ccccc3[N+](=O)[O-])o2)CC1. The van der Waals surface area contributed by atoms with E-state index in [4.69, 9.17) is 4.42 Å². The molecule has 0 saturated carbocycles. The number of hydrogen-bond donors (Lipinski definition) is 1. The first kappa shape index (κ1) is 24.7. The molecule has 1 N–H and O–H groups in total. The van der Waals surface area contributed by atoms with Gasteiger partial charge in [0.25, 0.3) is 5.69 Å². The maximum atomic E-state index is 12.7.